The average Bonchev–Trinajstić information content (AvgIpc) is 3.80. The number of aryl methyl sites for hydroxylation is 2. The molecule has 2 unspecified atom stereocenters. The molecule has 0 heterocycles. The number of fused-ring (bicyclic) bond motifs is 1. The van der Waals surface area contributed by atoms with Gasteiger partial charge in [0.15, 0.2) is 0 Å². The van der Waals surface area contributed by atoms with Gasteiger partial charge in [-0.25, -0.2) is 0 Å². The number of hydrogen-bond acceptors (Lipinski definition) is 4. The van der Waals surface area contributed by atoms with Crippen LogP contribution >= 0.6 is 0 Å². The molecule has 3 aromatic rings. The van der Waals surface area contributed by atoms with Crippen LogP contribution in [0.25, 0.3) is 0 Å². The number of methoxy groups -OCH3 is 2. The summed E-state index contributed by atoms with van der Waals surface area (Å²) < 4.78 is 17.6. The van der Waals surface area contributed by atoms with Gasteiger partial charge in [-0.3, -0.25) is 0 Å². The molecule has 0 aromatic heterocycles. The van der Waals surface area contributed by atoms with E-state index >= 15 is 0 Å². The lowest BCUT2D eigenvalue weighted by Gasteiger charge is -2.36. The summed E-state index contributed by atoms with van der Waals surface area (Å²) in [5.41, 5.74) is 6.93. The Balaban J connectivity index is 1.28. The van der Waals surface area contributed by atoms with Crippen molar-refractivity contribution in [1.82, 2.24) is 0 Å². The zero-order valence-electron chi connectivity index (χ0n) is 26.2. The molecule has 41 heavy (non-hydrogen) atoms. The van der Waals surface area contributed by atoms with Crippen LogP contribution in [0.4, 0.5) is 5.69 Å². The third kappa shape index (κ3) is 7.11. The minimum Gasteiger partial charge on any atom is -0.544 e. The Kier molecular flexibility index (Phi) is 8.75. The minimum absolute atomic E-state index is 0.197. The van der Waals surface area contributed by atoms with Gasteiger partial charge in [0.05, 0.1) is 14.2 Å². The van der Waals surface area contributed by atoms with Gasteiger partial charge < -0.3 is 19.2 Å². The molecule has 5 heteroatoms. The van der Waals surface area contributed by atoms with E-state index in [1.165, 1.54) is 40.8 Å². The van der Waals surface area contributed by atoms with Crippen LogP contribution in [0, 0.1) is 5.92 Å². The van der Waals surface area contributed by atoms with Crippen molar-refractivity contribution < 1.29 is 13.9 Å². The van der Waals surface area contributed by atoms with E-state index in [0.717, 1.165) is 55.3 Å². The van der Waals surface area contributed by atoms with Gasteiger partial charge >= 0.3 is 0 Å². The number of benzene rings is 3. The molecule has 3 aromatic carbocycles. The highest BCUT2D eigenvalue weighted by Gasteiger charge is 2.39. The van der Waals surface area contributed by atoms with Crippen LogP contribution < -0.4 is 19.2 Å². The number of rotatable bonds is 11. The third-order valence-electron chi connectivity index (χ3n) is 9.72. The zero-order chi connectivity index (χ0) is 29.2. The number of anilines is 1. The van der Waals surface area contributed by atoms with Gasteiger partial charge in [-0.1, -0.05) is 45.0 Å². The SMILES string of the molecule is COc1ccc2c(c1)CCC(c1ccc(OC)cc1NC(CCc1ccc(O[Si](C)(C)C(C)(C)C)cc1)C1CC1)C2. The molecule has 2 aliphatic carbocycles. The second-order valence-corrected chi connectivity index (χ2v) is 18.4. The van der Waals surface area contributed by atoms with E-state index in [4.69, 9.17) is 13.9 Å². The molecule has 2 aliphatic rings. The fourth-order valence-electron chi connectivity index (χ4n) is 5.89. The first-order chi connectivity index (χ1) is 19.6. The fraction of sp³-hybridized carbons (Fsp3) is 0.500. The van der Waals surface area contributed by atoms with E-state index in [2.05, 4.69) is 99.8 Å². The van der Waals surface area contributed by atoms with Crippen LogP contribution in [0.3, 0.4) is 0 Å². The van der Waals surface area contributed by atoms with Gasteiger partial charge in [-0.2, -0.15) is 0 Å². The van der Waals surface area contributed by atoms with Crippen molar-refractivity contribution in [2.75, 3.05) is 19.5 Å². The summed E-state index contributed by atoms with van der Waals surface area (Å²) in [6, 6.07) is 22.6. The van der Waals surface area contributed by atoms with Crippen LogP contribution in [0.5, 0.6) is 17.2 Å². The molecule has 2 atom stereocenters. The number of hydrogen-bond donors (Lipinski definition) is 1. The highest BCUT2D eigenvalue weighted by molar-refractivity contribution is 6.74. The molecule has 0 aliphatic heterocycles. The van der Waals surface area contributed by atoms with Crippen molar-refractivity contribution in [3.63, 3.8) is 0 Å². The van der Waals surface area contributed by atoms with Crippen LogP contribution in [-0.2, 0) is 19.3 Å². The van der Waals surface area contributed by atoms with E-state index in [-0.39, 0.29) is 5.04 Å². The van der Waals surface area contributed by atoms with Crippen molar-refractivity contribution >= 4 is 14.0 Å². The third-order valence-corrected chi connectivity index (χ3v) is 14.1. The maximum absolute atomic E-state index is 6.51. The quantitative estimate of drug-likeness (QED) is 0.233. The average molecular weight is 572 g/mol. The largest absolute Gasteiger partial charge is 0.544 e. The highest BCUT2D eigenvalue weighted by Crippen LogP contribution is 2.42. The molecule has 0 bridgehead atoms. The van der Waals surface area contributed by atoms with Crippen molar-refractivity contribution in [2.45, 2.75) is 95.8 Å². The lowest BCUT2D eigenvalue weighted by molar-refractivity contribution is 0.413. The summed E-state index contributed by atoms with van der Waals surface area (Å²) in [6.45, 7) is 11.5. The smallest absolute Gasteiger partial charge is 0.250 e. The molecule has 0 spiro atoms. The molecule has 0 amide bonds. The number of nitrogens with one attached hydrogen (secondary N) is 1. The van der Waals surface area contributed by atoms with Crippen LogP contribution in [-0.4, -0.2) is 28.6 Å². The van der Waals surface area contributed by atoms with Gasteiger partial charge in [-0.15, -0.1) is 0 Å². The molecular formula is C36H49NO3Si. The summed E-state index contributed by atoms with van der Waals surface area (Å²) in [6.07, 6.45) is 8.12. The summed E-state index contributed by atoms with van der Waals surface area (Å²) in [7, 11) is 1.69. The summed E-state index contributed by atoms with van der Waals surface area (Å²) in [5.74, 6) is 4.13. The molecule has 0 saturated heterocycles. The van der Waals surface area contributed by atoms with Crippen molar-refractivity contribution in [3.8, 4) is 17.2 Å². The summed E-state index contributed by atoms with van der Waals surface area (Å²) >= 11 is 0. The van der Waals surface area contributed by atoms with E-state index in [1.807, 2.05) is 0 Å². The lowest BCUT2D eigenvalue weighted by Crippen LogP contribution is -2.43. The van der Waals surface area contributed by atoms with Crippen LogP contribution in [0.1, 0.15) is 74.6 Å². The van der Waals surface area contributed by atoms with Crippen molar-refractivity contribution in [1.29, 1.82) is 0 Å². The van der Waals surface area contributed by atoms with E-state index in [9.17, 15) is 0 Å². The summed E-state index contributed by atoms with van der Waals surface area (Å²) in [5, 5.41) is 4.23. The summed E-state index contributed by atoms with van der Waals surface area (Å²) in [4.78, 5) is 0. The maximum atomic E-state index is 6.51. The highest BCUT2D eigenvalue weighted by atomic mass is 28.4. The van der Waals surface area contributed by atoms with E-state index < -0.39 is 8.32 Å². The van der Waals surface area contributed by atoms with E-state index in [0.29, 0.717) is 12.0 Å². The predicted octanol–water partition coefficient (Wildman–Crippen LogP) is 9.18. The van der Waals surface area contributed by atoms with Crippen LogP contribution in [0.2, 0.25) is 18.1 Å². The molecule has 4 nitrogen and oxygen atoms in total. The molecule has 1 saturated carbocycles. The Morgan fingerprint density at radius 3 is 2.15 bits per heavy atom. The standard InChI is InChI=1S/C36H49NO3Si/c1-36(2,3)41(6,7)40-30-16-8-25(9-17-30)10-21-34(26-11-12-26)37-35-24-32(39-5)19-20-33(35)29-14-13-28-23-31(38-4)18-15-27(28)22-29/h8-9,15-20,23-24,26,29,34,37H,10-14,21-22H2,1-7H3. The zero-order valence-corrected chi connectivity index (χ0v) is 27.2. The Morgan fingerprint density at radius 2 is 1.49 bits per heavy atom. The van der Waals surface area contributed by atoms with Crippen molar-refractivity contribution in [2.24, 2.45) is 5.92 Å². The topological polar surface area (TPSA) is 39.7 Å². The monoisotopic (exact) mass is 571 g/mol. The van der Waals surface area contributed by atoms with Gasteiger partial charge in [0.2, 0.25) is 8.32 Å². The fourth-order valence-corrected chi connectivity index (χ4v) is 6.92. The first-order valence-electron chi connectivity index (χ1n) is 15.4. The lowest BCUT2D eigenvalue weighted by atomic mass is 9.79. The molecule has 220 valence electrons. The van der Waals surface area contributed by atoms with Gasteiger partial charge in [0.1, 0.15) is 17.2 Å². The molecule has 0 radical (unpaired) electrons. The van der Waals surface area contributed by atoms with Gasteiger partial charge in [0, 0.05) is 17.8 Å². The predicted molar refractivity (Wildman–Crippen MR) is 173 cm³/mol. The Hall–Kier alpha value is -2.92. The first-order valence-corrected chi connectivity index (χ1v) is 18.4. The Labute approximate surface area is 248 Å². The Bertz CT molecular complexity index is 1320. The number of ether oxygens (including phenoxy) is 2. The van der Waals surface area contributed by atoms with E-state index in [1.54, 1.807) is 14.2 Å². The molecule has 1 N–H and O–H groups in total. The van der Waals surface area contributed by atoms with Gasteiger partial charge in [0.25, 0.3) is 0 Å². The second-order valence-electron chi connectivity index (χ2n) is 13.7. The molecular weight excluding hydrogens is 522 g/mol. The first kappa shape index (κ1) is 29.6. The van der Waals surface area contributed by atoms with Crippen LogP contribution in [0.15, 0.2) is 60.7 Å². The molecule has 1 fully saturated rings. The maximum Gasteiger partial charge on any atom is 0.250 e. The minimum atomic E-state index is -1.83. The van der Waals surface area contributed by atoms with Gasteiger partial charge in [-0.05, 0) is 127 Å². The molecule has 5 rings (SSSR count). The second kappa shape index (κ2) is 12.1. The normalized spacial score (nSPS) is 17.9. The Morgan fingerprint density at radius 1 is 0.829 bits per heavy atom. The van der Waals surface area contributed by atoms with Crippen molar-refractivity contribution in [3.05, 3.63) is 82.9 Å².